The number of anilines is 1. The Morgan fingerprint density at radius 3 is 2.51 bits per heavy atom. The highest BCUT2D eigenvalue weighted by Gasteiger charge is 2.26. The van der Waals surface area contributed by atoms with E-state index in [0.717, 1.165) is 24.0 Å². The monoisotopic (exact) mass is 481 g/mol. The Morgan fingerprint density at radius 2 is 1.97 bits per heavy atom. The van der Waals surface area contributed by atoms with Crippen LogP contribution in [0, 0.1) is 0 Å². The molecule has 0 aromatic heterocycles. The average Bonchev–Trinajstić information content (AvgIpc) is 3.68. The molecule has 0 atom stereocenters. The van der Waals surface area contributed by atoms with Gasteiger partial charge in [0, 0.05) is 39.0 Å². The van der Waals surface area contributed by atoms with E-state index in [9.17, 15) is 9.59 Å². The van der Waals surface area contributed by atoms with Crippen molar-refractivity contribution in [2.45, 2.75) is 39.2 Å². The van der Waals surface area contributed by atoms with Gasteiger partial charge in [-0.25, -0.2) is 4.79 Å². The molecule has 2 amide bonds. The van der Waals surface area contributed by atoms with E-state index >= 15 is 0 Å². The molecule has 1 aliphatic carbocycles. The van der Waals surface area contributed by atoms with Crippen LogP contribution < -0.4 is 20.7 Å². The third-order valence-electron chi connectivity index (χ3n) is 5.10. The summed E-state index contributed by atoms with van der Waals surface area (Å²) in [5.74, 6) is 0.533. The van der Waals surface area contributed by atoms with Crippen LogP contribution >= 0.6 is 0 Å². The number of methoxy groups -OCH3 is 1. The van der Waals surface area contributed by atoms with Gasteiger partial charge in [-0.2, -0.15) is 0 Å². The Morgan fingerprint density at radius 1 is 1.23 bits per heavy atom. The van der Waals surface area contributed by atoms with E-state index in [1.54, 1.807) is 46.6 Å². The van der Waals surface area contributed by atoms with E-state index in [-0.39, 0.29) is 17.8 Å². The number of carbonyl (C=O) groups excluding carboxylic acids is 2. The van der Waals surface area contributed by atoms with Gasteiger partial charge in [0.15, 0.2) is 0 Å². The fourth-order valence-electron chi connectivity index (χ4n) is 3.28. The smallest absolute Gasteiger partial charge is 0.413 e. The first-order valence-corrected chi connectivity index (χ1v) is 11.5. The maximum Gasteiger partial charge on any atom is 0.413 e. The van der Waals surface area contributed by atoms with E-state index in [1.807, 2.05) is 38.1 Å². The lowest BCUT2D eigenvalue weighted by atomic mass is 10.0. The number of amidine groups is 1. The van der Waals surface area contributed by atoms with Crippen molar-refractivity contribution in [3.8, 4) is 5.75 Å². The maximum absolute atomic E-state index is 12.8. The minimum Gasteiger partial charge on any atom is -0.494 e. The summed E-state index contributed by atoms with van der Waals surface area (Å²) in [4.78, 5) is 33.3. The number of nitrogens with zero attached hydrogens (tertiary/aromatic N) is 2. The van der Waals surface area contributed by atoms with Crippen LogP contribution in [0.25, 0.3) is 5.57 Å². The number of benzene rings is 1. The SMILES string of the molecule is C/C=C(\C=NC)c1cccc(NC(=C/C(=NC)NC(=O)OC2CC2)/C(=C/CC)C(=O)NC)c1OC. The topological polar surface area (TPSA) is 113 Å². The second-order valence-electron chi connectivity index (χ2n) is 7.64. The van der Waals surface area contributed by atoms with Gasteiger partial charge in [-0.05, 0) is 37.8 Å². The number of hydrogen-bond acceptors (Lipinski definition) is 7. The zero-order valence-corrected chi connectivity index (χ0v) is 21.3. The van der Waals surface area contributed by atoms with E-state index in [2.05, 4.69) is 25.9 Å². The number of para-hydroxylation sites is 1. The second-order valence-corrected chi connectivity index (χ2v) is 7.64. The zero-order chi connectivity index (χ0) is 25.8. The number of likely N-dealkylation sites (N-methyl/N-ethyl adjacent to an activating group) is 1. The maximum atomic E-state index is 12.8. The van der Waals surface area contributed by atoms with Gasteiger partial charge in [-0.1, -0.05) is 31.2 Å². The molecule has 188 valence electrons. The molecular weight excluding hydrogens is 446 g/mol. The van der Waals surface area contributed by atoms with Crippen molar-refractivity contribution < 1.29 is 19.1 Å². The van der Waals surface area contributed by atoms with Crippen LogP contribution in [-0.2, 0) is 9.53 Å². The number of ether oxygens (including phenoxy) is 2. The summed E-state index contributed by atoms with van der Waals surface area (Å²) in [5, 5.41) is 8.63. The molecule has 1 saturated carbocycles. The minimum atomic E-state index is -0.583. The fraction of sp³-hybridized carbons (Fsp3) is 0.385. The number of rotatable bonds is 10. The zero-order valence-electron chi connectivity index (χ0n) is 21.3. The highest BCUT2D eigenvalue weighted by atomic mass is 16.6. The van der Waals surface area contributed by atoms with E-state index in [4.69, 9.17) is 9.47 Å². The highest BCUT2D eigenvalue weighted by Crippen LogP contribution is 2.34. The number of allylic oxidation sites excluding steroid dienone is 3. The molecule has 0 unspecified atom stereocenters. The first-order chi connectivity index (χ1) is 16.9. The van der Waals surface area contributed by atoms with Crippen LogP contribution in [0.15, 0.2) is 57.7 Å². The minimum absolute atomic E-state index is 0.0458. The van der Waals surface area contributed by atoms with Crippen LogP contribution in [0.1, 0.15) is 38.7 Å². The summed E-state index contributed by atoms with van der Waals surface area (Å²) >= 11 is 0. The molecule has 0 spiro atoms. The number of carbonyl (C=O) groups is 2. The van der Waals surface area contributed by atoms with Crippen LogP contribution in [-0.4, -0.2) is 58.4 Å². The van der Waals surface area contributed by atoms with E-state index in [1.165, 1.54) is 0 Å². The Hall–Kier alpha value is -3.88. The molecule has 9 nitrogen and oxygen atoms in total. The van der Waals surface area contributed by atoms with Crippen LogP contribution in [0.5, 0.6) is 5.75 Å². The van der Waals surface area contributed by atoms with Crippen molar-refractivity contribution in [1.82, 2.24) is 10.6 Å². The number of alkyl carbamates (subject to hydrolysis) is 1. The summed E-state index contributed by atoms with van der Waals surface area (Å²) in [7, 11) is 6.40. The third kappa shape index (κ3) is 7.84. The Bertz CT molecular complexity index is 1070. The number of nitrogens with one attached hydrogen (secondary N) is 3. The van der Waals surface area contributed by atoms with Crippen molar-refractivity contribution in [3.63, 3.8) is 0 Å². The van der Waals surface area contributed by atoms with Gasteiger partial charge in [-0.15, -0.1) is 0 Å². The van der Waals surface area contributed by atoms with E-state index in [0.29, 0.717) is 29.1 Å². The molecule has 2 rings (SSSR count). The van der Waals surface area contributed by atoms with Gasteiger partial charge in [0.25, 0.3) is 5.91 Å². The summed E-state index contributed by atoms with van der Waals surface area (Å²) in [6.45, 7) is 3.86. The quantitative estimate of drug-likeness (QED) is 0.202. The lowest BCUT2D eigenvalue weighted by molar-refractivity contribution is -0.116. The summed E-state index contributed by atoms with van der Waals surface area (Å²) in [5.41, 5.74) is 3.17. The van der Waals surface area contributed by atoms with Gasteiger partial charge in [0.05, 0.1) is 24.1 Å². The highest BCUT2D eigenvalue weighted by molar-refractivity contribution is 6.11. The Labute approximate surface area is 207 Å². The Kier molecular flexibility index (Phi) is 10.7. The Balaban J connectivity index is 2.55. The first kappa shape index (κ1) is 27.4. The largest absolute Gasteiger partial charge is 0.494 e. The molecule has 9 heteroatoms. The van der Waals surface area contributed by atoms with Crippen LogP contribution in [0.4, 0.5) is 10.5 Å². The molecule has 0 bridgehead atoms. The molecule has 0 heterocycles. The molecule has 1 aromatic carbocycles. The predicted molar refractivity (Wildman–Crippen MR) is 141 cm³/mol. The third-order valence-corrected chi connectivity index (χ3v) is 5.10. The van der Waals surface area contributed by atoms with Gasteiger partial charge in [0.2, 0.25) is 0 Å². The lowest BCUT2D eigenvalue weighted by Crippen LogP contribution is -2.32. The molecule has 1 aromatic rings. The first-order valence-electron chi connectivity index (χ1n) is 11.5. The standard InChI is InChI=1S/C26H35N5O4/c1-7-10-20(25(32)29-5)22(15-23(28-4)31-26(33)35-18-13-14-18)30-21-12-9-11-19(24(21)34-6)17(8-2)16-27-3/h8-12,15-16,18,30H,7,13-14H2,1-6H3,(H,29,32)(H,28,31,33)/b17-8+,20-10-,22-15+,27-16?. The molecule has 1 fully saturated rings. The number of hydrogen-bond donors (Lipinski definition) is 3. The molecule has 35 heavy (non-hydrogen) atoms. The second kappa shape index (κ2) is 13.7. The van der Waals surface area contributed by atoms with E-state index < -0.39 is 6.09 Å². The number of aliphatic imine (C=N–C) groups is 2. The molecule has 3 N–H and O–H groups in total. The van der Waals surface area contributed by atoms with Gasteiger partial charge in [-0.3, -0.25) is 20.1 Å². The molecule has 0 aliphatic heterocycles. The summed E-state index contributed by atoms with van der Waals surface area (Å²) < 4.78 is 11.0. The lowest BCUT2D eigenvalue weighted by Gasteiger charge is -2.19. The summed E-state index contributed by atoms with van der Waals surface area (Å²) in [6, 6.07) is 5.66. The average molecular weight is 482 g/mol. The van der Waals surface area contributed by atoms with Crippen molar-refractivity contribution >= 4 is 35.3 Å². The normalized spacial score (nSPS) is 15.1. The van der Waals surface area contributed by atoms with Crippen molar-refractivity contribution in [1.29, 1.82) is 0 Å². The van der Waals surface area contributed by atoms with Gasteiger partial charge >= 0.3 is 6.09 Å². The molecule has 1 aliphatic rings. The fourth-order valence-corrected chi connectivity index (χ4v) is 3.28. The van der Waals surface area contributed by atoms with Crippen molar-refractivity contribution in [2.75, 3.05) is 33.6 Å². The van der Waals surface area contributed by atoms with Crippen LogP contribution in [0.3, 0.4) is 0 Å². The molecule has 0 radical (unpaired) electrons. The van der Waals surface area contributed by atoms with Crippen molar-refractivity contribution in [2.24, 2.45) is 9.98 Å². The van der Waals surface area contributed by atoms with Gasteiger partial charge in [0.1, 0.15) is 17.7 Å². The summed E-state index contributed by atoms with van der Waals surface area (Å²) in [6.07, 6.45) is 8.80. The van der Waals surface area contributed by atoms with Gasteiger partial charge < -0.3 is 20.1 Å². The number of amides is 2. The molecular formula is C26H35N5O4. The predicted octanol–water partition coefficient (Wildman–Crippen LogP) is 4.09. The van der Waals surface area contributed by atoms with Crippen molar-refractivity contribution in [3.05, 3.63) is 53.3 Å². The molecule has 0 saturated heterocycles. The van der Waals surface area contributed by atoms with Crippen LogP contribution in [0.2, 0.25) is 0 Å².